The van der Waals surface area contributed by atoms with Gasteiger partial charge in [0.15, 0.2) is 11.6 Å². The van der Waals surface area contributed by atoms with Crippen LogP contribution in [0.15, 0.2) is 12.3 Å². The Bertz CT molecular complexity index is 1430. The molecule has 4 aliphatic rings. The molecule has 10 nitrogen and oxygen atoms in total. The Morgan fingerprint density at radius 1 is 1.26 bits per heavy atom. The summed E-state index contributed by atoms with van der Waals surface area (Å²) in [6.07, 6.45) is 7.46. The molecule has 1 aromatic heterocycles. The quantitative estimate of drug-likeness (QED) is 0.479. The molecule has 2 aliphatic heterocycles. The van der Waals surface area contributed by atoms with Gasteiger partial charge in [0.1, 0.15) is 12.3 Å². The van der Waals surface area contributed by atoms with Crippen molar-refractivity contribution in [1.82, 2.24) is 24.8 Å². The second kappa shape index (κ2) is 10.8. The Hall–Kier alpha value is -3.21. The third kappa shape index (κ3) is 5.14. The van der Waals surface area contributed by atoms with Crippen LogP contribution in [0.3, 0.4) is 0 Å². The molecule has 1 spiro atoms. The number of nitrogens with zero attached hydrogens (tertiary/aromatic N) is 5. The molecule has 2 saturated carbocycles. The van der Waals surface area contributed by atoms with E-state index in [9.17, 15) is 19.5 Å². The molecule has 2 aliphatic carbocycles. The SMILES string of the molecule is Cn1cc(COc2c(F)cc(Cl)c3c2[C@@H](CCN2CC4(CC4)CC2=O)N(C(=O)[C@@H]2CCCC[C@]2(C)C(=O)O)CC3)nn1. The number of likely N-dealkylation sites (tertiary alicyclic amines) is 1. The molecular formula is C30H37ClFN5O5. The van der Waals surface area contributed by atoms with Gasteiger partial charge in [-0.1, -0.05) is 29.7 Å². The number of benzene rings is 1. The predicted octanol–water partition coefficient (Wildman–Crippen LogP) is 4.30. The number of aryl methyl sites for hydroxylation is 1. The highest BCUT2D eigenvalue weighted by Gasteiger charge is 2.52. The molecule has 2 aromatic rings. The van der Waals surface area contributed by atoms with Crippen LogP contribution >= 0.6 is 11.6 Å². The zero-order valence-corrected chi connectivity index (χ0v) is 24.8. The van der Waals surface area contributed by atoms with E-state index in [1.165, 1.54) is 10.7 Å². The Morgan fingerprint density at radius 2 is 2.05 bits per heavy atom. The summed E-state index contributed by atoms with van der Waals surface area (Å²) >= 11 is 6.60. The number of aromatic nitrogens is 3. The molecule has 1 saturated heterocycles. The first-order chi connectivity index (χ1) is 20.0. The number of rotatable bonds is 8. The lowest BCUT2D eigenvalue weighted by molar-refractivity contribution is -0.162. The minimum atomic E-state index is -1.19. The first-order valence-electron chi connectivity index (χ1n) is 14.8. The van der Waals surface area contributed by atoms with Crippen LogP contribution in [0.5, 0.6) is 5.75 Å². The van der Waals surface area contributed by atoms with Gasteiger partial charge in [-0.05, 0) is 62.5 Å². The van der Waals surface area contributed by atoms with Crippen LogP contribution in [0.4, 0.5) is 4.39 Å². The lowest BCUT2D eigenvalue weighted by Crippen LogP contribution is -2.51. The van der Waals surface area contributed by atoms with E-state index in [2.05, 4.69) is 10.3 Å². The summed E-state index contributed by atoms with van der Waals surface area (Å²) in [6, 6.07) is 0.597. The molecule has 12 heteroatoms. The molecule has 42 heavy (non-hydrogen) atoms. The average Bonchev–Trinajstić information content (AvgIpc) is 3.44. The van der Waals surface area contributed by atoms with Crippen molar-refractivity contribution in [3.05, 3.63) is 39.9 Å². The van der Waals surface area contributed by atoms with E-state index in [1.807, 2.05) is 4.90 Å². The number of ether oxygens (including phenoxy) is 1. The third-order valence-electron chi connectivity index (χ3n) is 9.97. The molecule has 0 bridgehead atoms. The van der Waals surface area contributed by atoms with Crippen molar-refractivity contribution < 1.29 is 28.6 Å². The van der Waals surface area contributed by atoms with E-state index in [-0.39, 0.29) is 34.6 Å². The van der Waals surface area contributed by atoms with Crippen molar-refractivity contribution >= 4 is 29.4 Å². The van der Waals surface area contributed by atoms with Crippen molar-refractivity contribution in [2.75, 3.05) is 19.6 Å². The normalized spacial score (nSPS) is 26.4. The molecule has 3 atom stereocenters. The van der Waals surface area contributed by atoms with Crippen molar-refractivity contribution in [3.8, 4) is 5.75 Å². The van der Waals surface area contributed by atoms with Gasteiger partial charge in [0.25, 0.3) is 0 Å². The maximum absolute atomic E-state index is 15.6. The van der Waals surface area contributed by atoms with Gasteiger partial charge in [0, 0.05) is 43.7 Å². The molecule has 6 rings (SSSR count). The maximum Gasteiger partial charge on any atom is 0.310 e. The van der Waals surface area contributed by atoms with Crippen LogP contribution in [0.1, 0.15) is 81.2 Å². The Labute approximate surface area is 249 Å². The highest BCUT2D eigenvalue weighted by atomic mass is 35.5. The molecule has 1 aromatic carbocycles. The summed E-state index contributed by atoms with van der Waals surface area (Å²) in [5.74, 6) is -2.48. The fourth-order valence-electron chi connectivity index (χ4n) is 7.29. The van der Waals surface area contributed by atoms with Gasteiger partial charge in [-0.2, -0.15) is 0 Å². The second-order valence-corrected chi connectivity index (χ2v) is 13.2. The summed E-state index contributed by atoms with van der Waals surface area (Å²) in [7, 11) is 1.72. The van der Waals surface area contributed by atoms with Crippen molar-refractivity contribution in [3.63, 3.8) is 0 Å². The summed E-state index contributed by atoms with van der Waals surface area (Å²) < 4.78 is 23.2. The van der Waals surface area contributed by atoms with Gasteiger partial charge >= 0.3 is 5.97 Å². The fraction of sp³-hybridized carbons (Fsp3) is 0.633. The largest absolute Gasteiger partial charge is 0.484 e. The molecule has 3 heterocycles. The monoisotopic (exact) mass is 601 g/mol. The zero-order valence-electron chi connectivity index (χ0n) is 24.1. The highest BCUT2D eigenvalue weighted by Crippen LogP contribution is 2.53. The van der Waals surface area contributed by atoms with Crippen LogP contribution in [-0.4, -0.2) is 67.3 Å². The van der Waals surface area contributed by atoms with Gasteiger partial charge in [0.2, 0.25) is 11.8 Å². The number of carbonyl (C=O) groups is 3. The number of carbonyl (C=O) groups excluding carboxylic acids is 2. The number of hydrogen-bond donors (Lipinski definition) is 1. The fourth-order valence-corrected chi connectivity index (χ4v) is 7.58. The van der Waals surface area contributed by atoms with E-state index in [0.29, 0.717) is 68.6 Å². The van der Waals surface area contributed by atoms with E-state index < -0.39 is 29.2 Å². The smallest absolute Gasteiger partial charge is 0.310 e. The minimum Gasteiger partial charge on any atom is -0.484 e. The standard InChI is InChI=1S/C30H37ClFN5O5/c1-29(28(40)41)8-4-3-5-20(29)27(39)37-12-6-19-21(31)13-22(32)26(42-16-18-15-35(2)34-33-18)25(19)23(37)7-11-36-17-30(9-10-30)14-24(36)38/h13,15,20,23H,3-12,14,16-17H2,1-2H3,(H,40,41)/t20-,23+,29-/m0/s1. The average molecular weight is 602 g/mol. The first kappa shape index (κ1) is 28.9. The minimum absolute atomic E-state index is 0.00129. The van der Waals surface area contributed by atoms with Gasteiger partial charge in [-0.15, -0.1) is 5.10 Å². The van der Waals surface area contributed by atoms with Gasteiger partial charge in [-0.25, -0.2) is 4.39 Å². The van der Waals surface area contributed by atoms with Crippen molar-refractivity contribution in [1.29, 1.82) is 0 Å². The number of fused-ring (bicyclic) bond motifs is 1. The highest BCUT2D eigenvalue weighted by molar-refractivity contribution is 6.31. The van der Waals surface area contributed by atoms with Gasteiger partial charge in [0.05, 0.1) is 23.6 Å². The summed E-state index contributed by atoms with van der Waals surface area (Å²) in [5, 5.41) is 18.4. The lowest BCUT2D eigenvalue weighted by atomic mass is 9.66. The van der Waals surface area contributed by atoms with Crippen LogP contribution in [0.2, 0.25) is 5.02 Å². The molecular weight excluding hydrogens is 565 g/mol. The van der Waals surface area contributed by atoms with Crippen LogP contribution in [0.25, 0.3) is 0 Å². The first-order valence-corrected chi connectivity index (χ1v) is 15.2. The van der Waals surface area contributed by atoms with Crippen LogP contribution in [0, 0.1) is 22.6 Å². The van der Waals surface area contributed by atoms with E-state index in [1.54, 1.807) is 25.1 Å². The predicted molar refractivity (Wildman–Crippen MR) is 150 cm³/mol. The van der Waals surface area contributed by atoms with E-state index in [0.717, 1.165) is 25.7 Å². The number of carboxylic acid groups (broad SMARTS) is 1. The number of amides is 2. The number of aliphatic carboxylic acids is 1. The van der Waals surface area contributed by atoms with Gasteiger partial charge < -0.3 is 19.6 Å². The maximum atomic E-state index is 15.6. The Morgan fingerprint density at radius 3 is 2.71 bits per heavy atom. The van der Waals surface area contributed by atoms with Crippen molar-refractivity contribution in [2.45, 2.75) is 77.4 Å². The van der Waals surface area contributed by atoms with Crippen LogP contribution < -0.4 is 4.74 Å². The molecule has 1 N–H and O–H groups in total. The van der Waals surface area contributed by atoms with Crippen molar-refractivity contribution in [2.24, 2.45) is 23.8 Å². The Kier molecular flexibility index (Phi) is 7.43. The zero-order chi connectivity index (χ0) is 29.8. The third-order valence-corrected chi connectivity index (χ3v) is 10.3. The number of carboxylic acids is 1. The molecule has 3 fully saturated rings. The summed E-state index contributed by atoms with van der Waals surface area (Å²) in [4.78, 5) is 43.2. The topological polar surface area (TPSA) is 118 Å². The number of halogens is 2. The molecule has 226 valence electrons. The van der Waals surface area contributed by atoms with Gasteiger partial charge in [-0.3, -0.25) is 19.1 Å². The van der Waals surface area contributed by atoms with E-state index in [4.69, 9.17) is 16.3 Å². The second-order valence-electron chi connectivity index (χ2n) is 12.8. The summed E-state index contributed by atoms with van der Waals surface area (Å²) in [6.45, 7) is 3.03. The Balaban J connectivity index is 1.37. The van der Waals surface area contributed by atoms with E-state index >= 15 is 4.39 Å². The van der Waals surface area contributed by atoms with Crippen LogP contribution in [-0.2, 0) is 34.5 Å². The summed E-state index contributed by atoms with van der Waals surface area (Å²) in [5.41, 5.74) is 0.608. The number of hydrogen-bond acceptors (Lipinski definition) is 6. The molecule has 0 unspecified atom stereocenters. The molecule has 0 radical (unpaired) electrons. The lowest BCUT2D eigenvalue weighted by Gasteiger charge is -2.44. The molecule has 2 amide bonds.